The van der Waals surface area contributed by atoms with E-state index in [1.807, 2.05) is 24.3 Å². The number of halogens is 1. The first-order valence-electron chi connectivity index (χ1n) is 20.2. The average molecular weight is 744 g/mol. The summed E-state index contributed by atoms with van der Waals surface area (Å²) in [5.41, 5.74) is 4.06. The molecule has 0 amide bonds. The van der Waals surface area contributed by atoms with Crippen LogP contribution in [0.3, 0.4) is 0 Å². The number of imidazole rings is 1. The van der Waals surface area contributed by atoms with Gasteiger partial charge in [0.25, 0.3) is 0 Å². The second-order valence-corrected chi connectivity index (χ2v) is 15.2. The Bertz CT molecular complexity index is 1730. The van der Waals surface area contributed by atoms with E-state index in [4.69, 9.17) is 35.5 Å². The maximum atomic E-state index is 6.65. The van der Waals surface area contributed by atoms with E-state index >= 15 is 0 Å². The number of rotatable bonds is 20. The van der Waals surface area contributed by atoms with Crippen LogP contribution in [0.5, 0.6) is 23.0 Å². The van der Waals surface area contributed by atoms with Gasteiger partial charge in [0, 0.05) is 55.8 Å². The Labute approximate surface area is 321 Å². The van der Waals surface area contributed by atoms with Gasteiger partial charge in [-0.1, -0.05) is 37.1 Å². The van der Waals surface area contributed by atoms with Crippen LogP contribution in [0.1, 0.15) is 63.9 Å². The summed E-state index contributed by atoms with van der Waals surface area (Å²) in [6.07, 6.45) is 10.5. The van der Waals surface area contributed by atoms with Crippen LogP contribution in [0.2, 0.25) is 5.02 Å². The van der Waals surface area contributed by atoms with Crippen LogP contribution in [0, 0.1) is 0 Å². The molecular formula is C43H58ClN5O4. The lowest BCUT2D eigenvalue weighted by molar-refractivity contribution is 0.231. The third kappa shape index (κ3) is 10.4. The summed E-state index contributed by atoms with van der Waals surface area (Å²) in [5.74, 6) is 4.09. The van der Waals surface area contributed by atoms with Crippen molar-refractivity contribution in [1.82, 2.24) is 24.3 Å². The van der Waals surface area contributed by atoms with Gasteiger partial charge in [0.2, 0.25) is 0 Å². The van der Waals surface area contributed by atoms with Crippen molar-refractivity contribution in [2.75, 3.05) is 85.3 Å². The third-order valence-electron chi connectivity index (χ3n) is 10.9. The molecule has 0 spiro atoms. The van der Waals surface area contributed by atoms with Crippen molar-refractivity contribution in [2.45, 2.75) is 71.3 Å². The molecule has 3 aromatic carbocycles. The predicted octanol–water partition coefficient (Wildman–Crippen LogP) is 8.20. The topological polar surface area (TPSA) is 64.5 Å². The summed E-state index contributed by atoms with van der Waals surface area (Å²) in [6, 6.07) is 18.4. The van der Waals surface area contributed by atoms with Gasteiger partial charge < -0.3 is 23.5 Å². The average Bonchev–Trinajstić information content (AvgIpc) is 4.01. The standard InChI is InChI=1S/C43H58ClN5O4/c1-2-3-23-49-39-31-37(51-28-24-46-17-4-5-18-46)33-41(53-30-26-48-21-8-9-22-48)42(39)45-43(49)38-15-14-36(50-27-16-34-10-12-35(44)13-11-34)32-40(38)52-29-25-47-19-6-7-20-47/h10-15,31-33H,2-9,16-30H2,1H3. The molecule has 4 aromatic rings. The summed E-state index contributed by atoms with van der Waals surface area (Å²) < 4.78 is 28.4. The number of aromatic nitrogens is 2. The molecule has 4 heterocycles. The highest BCUT2D eigenvalue weighted by Crippen LogP contribution is 2.39. The Hall–Kier alpha value is -3.50. The fourth-order valence-electron chi connectivity index (χ4n) is 7.82. The first-order valence-corrected chi connectivity index (χ1v) is 20.6. The van der Waals surface area contributed by atoms with Crippen LogP contribution in [0.15, 0.2) is 54.6 Å². The van der Waals surface area contributed by atoms with Crippen molar-refractivity contribution in [3.8, 4) is 34.4 Å². The number of hydrogen-bond donors (Lipinski definition) is 0. The molecule has 0 unspecified atom stereocenters. The van der Waals surface area contributed by atoms with Gasteiger partial charge in [0.1, 0.15) is 48.4 Å². The van der Waals surface area contributed by atoms with Crippen molar-refractivity contribution in [1.29, 1.82) is 0 Å². The summed E-state index contributed by atoms with van der Waals surface area (Å²) in [4.78, 5) is 12.8. The molecule has 0 saturated carbocycles. The molecule has 3 fully saturated rings. The molecule has 0 radical (unpaired) electrons. The Balaban J connectivity index is 1.19. The maximum absolute atomic E-state index is 6.65. The fraction of sp³-hybridized carbons (Fsp3) is 0.558. The van der Waals surface area contributed by atoms with Crippen LogP contribution in [-0.2, 0) is 13.0 Å². The Morgan fingerprint density at radius 1 is 0.604 bits per heavy atom. The van der Waals surface area contributed by atoms with E-state index in [1.54, 1.807) is 0 Å². The molecule has 3 aliphatic rings. The van der Waals surface area contributed by atoms with Crippen molar-refractivity contribution >= 4 is 22.6 Å². The van der Waals surface area contributed by atoms with Gasteiger partial charge in [-0.25, -0.2) is 4.98 Å². The largest absolute Gasteiger partial charge is 0.493 e. The lowest BCUT2D eigenvalue weighted by Crippen LogP contribution is -2.25. The van der Waals surface area contributed by atoms with Gasteiger partial charge in [-0.2, -0.15) is 0 Å². The smallest absolute Gasteiger partial charge is 0.150 e. The van der Waals surface area contributed by atoms with Crippen molar-refractivity contribution in [3.63, 3.8) is 0 Å². The highest BCUT2D eigenvalue weighted by atomic mass is 35.5. The van der Waals surface area contributed by atoms with Crippen molar-refractivity contribution in [3.05, 3.63) is 65.2 Å². The number of ether oxygens (including phenoxy) is 4. The zero-order valence-electron chi connectivity index (χ0n) is 31.7. The molecule has 10 heteroatoms. The first kappa shape index (κ1) is 37.8. The Morgan fingerprint density at radius 3 is 1.79 bits per heavy atom. The normalized spacial score (nSPS) is 16.9. The van der Waals surface area contributed by atoms with Crippen LogP contribution in [-0.4, -0.2) is 110 Å². The van der Waals surface area contributed by atoms with Crippen LogP contribution < -0.4 is 18.9 Å². The number of likely N-dealkylation sites (tertiary alicyclic amines) is 3. The van der Waals surface area contributed by atoms with Crippen LogP contribution in [0.4, 0.5) is 0 Å². The number of nitrogens with zero attached hydrogens (tertiary/aromatic N) is 5. The van der Waals surface area contributed by atoms with E-state index in [2.05, 4.69) is 56.5 Å². The summed E-state index contributed by atoms with van der Waals surface area (Å²) in [7, 11) is 0. The molecule has 0 atom stereocenters. The molecule has 0 N–H and O–H groups in total. The molecule has 0 aliphatic carbocycles. The number of benzene rings is 3. The van der Waals surface area contributed by atoms with E-state index < -0.39 is 0 Å². The quantitative estimate of drug-likeness (QED) is 0.0899. The van der Waals surface area contributed by atoms with Gasteiger partial charge in [-0.05, 0) is 114 Å². The summed E-state index contributed by atoms with van der Waals surface area (Å²) in [5, 5.41) is 0.743. The monoisotopic (exact) mass is 743 g/mol. The van der Waals surface area contributed by atoms with Crippen LogP contribution in [0.25, 0.3) is 22.4 Å². The lowest BCUT2D eigenvalue weighted by atomic mass is 10.1. The molecule has 53 heavy (non-hydrogen) atoms. The van der Waals surface area contributed by atoms with Gasteiger partial charge in [0.05, 0.1) is 17.7 Å². The number of hydrogen-bond acceptors (Lipinski definition) is 8. The minimum absolute atomic E-state index is 0.557. The van der Waals surface area contributed by atoms with Crippen molar-refractivity contribution in [2.24, 2.45) is 0 Å². The van der Waals surface area contributed by atoms with E-state index in [9.17, 15) is 0 Å². The van der Waals surface area contributed by atoms with E-state index in [-0.39, 0.29) is 0 Å². The predicted molar refractivity (Wildman–Crippen MR) is 214 cm³/mol. The molecule has 1 aromatic heterocycles. The molecule has 9 nitrogen and oxygen atoms in total. The molecule has 3 aliphatic heterocycles. The number of aryl methyl sites for hydroxylation is 1. The Morgan fingerprint density at radius 2 is 1.17 bits per heavy atom. The van der Waals surface area contributed by atoms with Gasteiger partial charge >= 0.3 is 0 Å². The lowest BCUT2D eigenvalue weighted by Gasteiger charge is -2.18. The van der Waals surface area contributed by atoms with Gasteiger partial charge in [-0.3, -0.25) is 14.7 Å². The zero-order chi connectivity index (χ0) is 36.2. The Kier molecular flexibility index (Phi) is 13.7. The number of unbranched alkanes of at least 4 members (excludes halogenated alkanes) is 1. The molecule has 7 rings (SSSR count). The minimum atomic E-state index is 0.557. The first-order chi connectivity index (χ1) is 26.1. The van der Waals surface area contributed by atoms with Crippen LogP contribution >= 0.6 is 11.6 Å². The molecule has 3 saturated heterocycles. The molecule has 286 valence electrons. The number of fused-ring (bicyclic) bond motifs is 1. The summed E-state index contributed by atoms with van der Waals surface area (Å²) >= 11 is 6.11. The van der Waals surface area contributed by atoms with E-state index in [0.717, 1.165) is 135 Å². The van der Waals surface area contributed by atoms with E-state index in [1.165, 1.54) is 44.1 Å². The summed E-state index contributed by atoms with van der Waals surface area (Å²) in [6.45, 7) is 15.2. The van der Waals surface area contributed by atoms with Gasteiger partial charge in [-0.15, -0.1) is 0 Å². The second-order valence-electron chi connectivity index (χ2n) is 14.8. The molecule has 0 bridgehead atoms. The highest BCUT2D eigenvalue weighted by Gasteiger charge is 2.22. The SMILES string of the molecule is CCCCn1c(-c2ccc(OCCc3ccc(Cl)cc3)cc2OCCN2CCCC2)nc2c(OCCN3CCCC3)cc(OCCN3CCCC3)cc21. The van der Waals surface area contributed by atoms with Gasteiger partial charge in [0.15, 0.2) is 5.75 Å². The highest BCUT2D eigenvalue weighted by molar-refractivity contribution is 6.30. The van der Waals surface area contributed by atoms with Crippen molar-refractivity contribution < 1.29 is 18.9 Å². The maximum Gasteiger partial charge on any atom is 0.150 e. The van der Waals surface area contributed by atoms with E-state index in [0.29, 0.717) is 26.4 Å². The second kappa shape index (κ2) is 19.2. The minimum Gasteiger partial charge on any atom is -0.493 e. The molecular weight excluding hydrogens is 686 g/mol. The third-order valence-corrected chi connectivity index (χ3v) is 11.1. The fourth-order valence-corrected chi connectivity index (χ4v) is 7.95. The zero-order valence-corrected chi connectivity index (χ0v) is 32.5.